The molecule has 0 bridgehead atoms. The molecule has 2 rings (SSSR count). The van der Waals surface area contributed by atoms with Crippen LogP contribution in [-0.4, -0.2) is 11.3 Å². The van der Waals surface area contributed by atoms with E-state index in [1.165, 1.54) is 11.8 Å². The Hall–Kier alpha value is -2.16. The molecule has 98 valence electrons. The second kappa shape index (κ2) is 5.65. The quantitative estimate of drug-likeness (QED) is 0.771. The van der Waals surface area contributed by atoms with Crippen LogP contribution in [0.4, 0.5) is 0 Å². The van der Waals surface area contributed by atoms with Crippen LogP contribution >= 0.6 is 0 Å². The maximum atomic E-state index is 10.7. The summed E-state index contributed by atoms with van der Waals surface area (Å²) < 4.78 is 5.77. The van der Waals surface area contributed by atoms with Gasteiger partial charge >= 0.3 is 0 Å². The molecule has 0 unspecified atom stereocenters. The van der Waals surface area contributed by atoms with Crippen molar-refractivity contribution in [3.05, 3.63) is 53.2 Å². The van der Waals surface area contributed by atoms with Crippen molar-refractivity contribution in [2.75, 3.05) is 0 Å². The summed E-state index contributed by atoms with van der Waals surface area (Å²) in [6, 6.07) is 9.73. The number of pyridine rings is 1. The van der Waals surface area contributed by atoms with Crippen molar-refractivity contribution in [2.45, 2.75) is 26.7 Å². The van der Waals surface area contributed by atoms with Crippen molar-refractivity contribution in [3.8, 4) is 11.6 Å². The Morgan fingerprint density at radius 1 is 1.26 bits per heavy atom. The van der Waals surface area contributed by atoms with Gasteiger partial charge in [0.15, 0.2) is 6.29 Å². The van der Waals surface area contributed by atoms with E-state index in [0.717, 1.165) is 17.6 Å². The molecule has 0 spiro atoms. The zero-order valence-electron chi connectivity index (χ0n) is 11.4. The Balaban J connectivity index is 2.26. The summed E-state index contributed by atoms with van der Waals surface area (Å²) >= 11 is 0. The molecule has 0 radical (unpaired) electrons. The minimum Gasteiger partial charge on any atom is -0.439 e. The molecule has 0 N–H and O–H groups in total. The van der Waals surface area contributed by atoms with Gasteiger partial charge in [-0.2, -0.15) is 0 Å². The Bertz CT molecular complexity index is 591. The molecule has 2 aromatic rings. The lowest BCUT2D eigenvalue weighted by molar-refractivity contribution is 0.112. The van der Waals surface area contributed by atoms with E-state index >= 15 is 0 Å². The standard InChI is InChI=1S/C16H17NO2/c1-11(2)14-5-4-6-15(8-14)19-16-12(3)7-13(10-18)9-17-16/h4-11H,1-3H3. The number of hydrogen-bond donors (Lipinski definition) is 0. The molecule has 3 heteroatoms. The number of aryl methyl sites for hydroxylation is 1. The van der Waals surface area contributed by atoms with Crippen LogP contribution in [-0.2, 0) is 0 Å². The molecule has 1 heterocycles. The highest BCUT2D eigenvalue weighted by Crippen LogP contribution is 2.26. The Kier molecular flexibility index (Phi) is 3.95. The predicted molar refractivity (Wildman–Crippen MR) is 75.0 cm³/mol. The molecule has 0 saturated heterocycles. The van der Waals surface area contributed by atoms with Crippen molar-refractivity contribution in [2.24, 2.45) is 0 Å². The number of carbonyl (C=O) groups is 1. The zero-order chi connectivity index (χ0) is 13.8. The number of aromatic nitrogens is 1. The molecule has 19 heavy (non-hydrogen) atoms. The summed E-state index contributed by atoms with van der Waals surface area (Å²) in [5.74, 6) is 1.75. The SMILES string of the molecule is Cc1cc(C=O)cnc1Oc1cccc(C(C)C)c1. The summed E-state index contributed by atoms with van der Waals surface area (Å²) in [5.41, 5.74) is 2.62. The van der Waals surface area contributed by atoms with Crippen LogP contribution in [0, 0.1) is 6.92 Å². The molecule has 1 aromatic carbocycles. The molecule has 3 nitrogen and oxygen atoms in total. The topological polar surface area (TPSA) is 39.2 Å². The van der Waals surface area contributed by atoms with E-state index in [1.54, 1.807) is 6.07 Å². The van der Waals surface area contributed by atoms with Crippen molar-refractivity contribution >= 4 is 6.29 Å². The largest absolute Gasteiger partial charge is 0.439 e. The van der Waals surface area contributed by atoms with Gasteiger partial charge < -0.3 is 4.74 Å². The van der Waals surface area contributed by atoms with Crippen LogP contribution in [0.25, 0.3) is 0 Å². The van der Waals surface area contributed by atoms with E-state index < -0.39 is 0 Å². The van der Waals surface area contributed by atoms with Crippen LogP contribution in [0.1, 0.15) is 41.3 Å². The van der Waals surface area contributed by atoms with Gasteiger partial charge in [0.2, 0.25) is 5.88 Å². The highest BCUT2D eigenvalue weighted by Gasteiger charge is 2.06. The van der Waals surface area contributed by atoms with Gasteiger partial charge in [0.05, 0.1) is 0 Å². The first-order chi connectivity index (χ1) is 9.10. The fraction of sp³-hybridized carbons (Fsp3) is 0.250. The third kappa shape index (κ3) is 3.19. The molecular formula is C16H17NO2. The van der Waals surface area contributed by atoms with Crippen LogP contribution in [0.5, 0.6) is 11.6 Å². The van der Waals surface area contributed by atoms with Crippen LogP contribution in [0.15, 0.2) is 36.5 Å². The molecule has 0 saturated carbocycles. The number of carbonyl (C=O) groups excluding carboxylic acids is 1. The molecule has 0 aliphatic heterocycles. The van der Waals surface area contributed by atoms with Gasteiger partial charge in [0, 0.05) is 17.3 Å². The zero-order valence-corrected chi connectivity index (χ0v) is 11.4. The average molecular weight is 255 g/mol. The number of hydrogen-bond acceptors (Lipinski definition) is 3. The van der Waals surface area contributed by atoms with Crippen molar-refractivity contribution < 1.29 is 9.53 Å². The van der Waals surface area contributed by atoms with Gasteiger partial charge in [0.1, 0.15) is 5.75 Å². The highest BCUT2D eigenvalue weighted by molar-refractivity contribution is 5.74. The lowest BCUT2D eigenvalue weighted by atomic mass is 10.0. The van der Waals surface area contributed by atoms with Crippen molar-refractivity contribution in [1.82, 2.24) is 4.98 Å². The summed E-state index contributed by atoms with van der Waals surface area (Å²) in [4.78, 5) is 14.8. The number of aldehydes is 1. The molecule has 0 amide bonds. The first kappa shape index (κ1) is 13.3. The summed E-state index contributed by atoms with van der Waals surface area (Å²) in [6.07, 6.45) is 2.30. The normalized spacial score (nSPS) is 10.5. The minimum absolute atomic E-state index is 0.454. The Morgan fingerprint density at radius 3 is 2.68 bits per heavy atom. The van der Waals surface area contributed by atoms with Gasteiger partial charge in [-0.1, -0.05) is 26.0 Å². The first-order valence-electron chi connectivity index (χ1n) is 6.30. The number of benzene rings is 1. The van der Waals surface area contributed by atoms with Gasteiger partial charge in [-0.15, -0.1) is 0 Å². The van der Waals surface area contributed by atoms with Gasteiger partial charge in [0.25, 0.3) is 0 Å². The summed E-state index contributed by atoms with van der Waals surface area (Å²) in [6.45, 7) is 6.16. The average Bonchev–Trinajstić information content (AvgIpc) is 2.41. The summed E-state index contributed by atoms with van der Waals surface area (Å²) in [5, 5.41) is 0. The smallest absolute Gasteiger partial charge is 0.222 e. The van der Waals surface area contributed by atoms with Crippen LogP contribution < -0.4 is 4.74 Å². The predicted octanol–water partition coefficient (Wildman–Crippen LogP) is 4.12. The second-order valence-corrected chi connectivity index (χ2v) is 4.84. The lowest BCUT2D eigenvalue weighted by Gasteiger charge is -2.10. The maximum absolute atomic E-state index is 10.7. The van der Waals surface area contributed by atoms with Gasteiger partial charge in [-0.3, -0.25) is 4.79 Å². The van der Waals surface area contributed by atoms with E-state index in [4.69, 9.17) is 4.74 Å². The monoisotopic (exact) mass is 255 g/mol. The minimum atomic E-state index is 0.454. The van der Waals surface area contributed by atoms with E-state index in [9.17, 15) is 4.79 Å². The lowest BCUT2D eigenvalue weighted by Crippen LogP contribution is -1.94. The second-order valence-electron chi connectivity index (χ2n) is 4.84. The summed E-state index contributed by atoms with van der Waals surface area (Å²) in [7, 11) is 0. The Morgan fingerprint density at radius 2 is 2.05 bits per heavy atom. The van der Waals surface area contributed by atoms with Crippen molar-refractivity contribution in [1.29, 1.82) is 0 Å². The van der Waals surface area contributed by atoms with Crippen LogP contribution in [0.2, 0.25) is 0 Å². The molecule has 0 atom stereocenters. The van der Waals surface area contributed by atoms with E-state index in [-0.39, 0.29) is 0 Å². The molecular weight excluding hydrogens is 238 g/mol. The number of ether oxygens (including phenoxy) is 1. The van der Waals surface area contributed by atoms with Crippen molar-refractivity contribution in [3.63, 3.8) is 0 Å². The first-order valence-corrected chi connectivity index (χ1v) is 6.30. The number of nitrogens with zero attached hydrogens (tertiary/aromatic N) is 1. The van der Waals surface area contributed by atoms with Gasteiger partial charge in [-0.25, -0.2) is 4.98 Å². The molecule has 1 aromatic heterocycles. The Labute approximate surface area is 113 Å². The van der Waals surface area contributed by atoms with Gasteiger partial charge in [-0.05, 0) is 36.6 Å². The third-order valence-electron chi connectivity index (χ3n) is 2.93. The molecule has 0 aliphatic carbocycles. The fourth-order valence-electron chi connectivity index (χ4n) is 1.80. The molecule has 0 fully saturated rings. The third-order valence-corrected chi connectivity index (χ3v) is 2.93. The van der Waals surface area contributed by atoms with E-state index in [1.807, 2.05) is 25.1 Å². The van der Waals surface area contributed by atoms with Crippen LogP contribution in [0.3, 0.4) is 0 Å². The maximum Gasteiger partial charge on any atom is 0.222 e. The van der Waals surface area contributed by atoms with E-state index in [0.29, 0.717) is 17.4 Å². The van der Waals surface area contributed by atoms with E-state index in [2.05, 4.69) is 24.9 Å². The number of rotatable bonds is 4. The fourth-order valence-corrected chi connectivity index (χ4v) is 1.80. The molecule has 0 aliphatic rings. The highest BCUT2D eigenvalue weighted by atomic mass is 16.5.